The fraction of sp³-hybridized carbons (Fsp3) is 1.00. The zero-order chi connectivity index (χ0) is 12.2. The number of nitrogens with zero attached hydrogens (tertiary/aromatic N) is 1. The fourth-order valence-corrected chi connectivity index (χ4v) is 1.92. The summed E-state index contributed by atoms with van der Waals surface area (Å²) in [6.45, 7) is 8.63. The minimum absolute atomic E-state index is 0.151. The lowest BCUT2D eigenvalue weighted by Crippen LogP contribution is -2.37. The van der Waals surface area contributed by atoms with E-state index >= 15 is 0 Å². The molecule has 0 N–H and O–H groups in total. The molecule has 1 saturated heterocycles. The van der Waals surface area contributed by atoms with Gasteiger partial charge in [-0.05, 0) is 27.2 Å². The molecule has 1 aliphatic rings. The summed E-state index contributed by atoms with van der Waals surface area (Å²) >= 11 is 0. The van der Waals surface area contributed by atoms with Crippen LogP contribution < -0.4 is 0 Å². The minimum Gasteiger partial charge on any atom is -0.383 e. The third-order valence-corrected chi connectivity index (χ3v) is 2.77. The third-order valence-electron chi connectivity index (χ3n) is 2.77. The summed E-state index contributed by atoms with van der Waals surface area (Å²) in [5, 5.41) is 0. The van der Waals surface area contributed by atoms with Crippen LogP contribution in [0.15, 0.2) is 0 Å². The van der Waals surface area contributed by atoms with Gasteiger partial charge in [0.1, 0.15) is 6.17 Å². The van der Waals surface area contributed by atoms with Crippen molar-refractivity contribution in [3.05, 3.63) is 0 Å². The Morgan fingerprint density at radius 1 is 1.38 bits per heavy atom. The number of methoxy groups -OCH3 is 1. The Balaban J connectivity index is 2.37. The lowest BCUT2D eigenvalue weighted by molar-refractivity contribution is -0.0303. The van der Waals surface area contributed by atoms with E-state index in [0.29, 0.717) is 26.2 Å². The van der Waals surface area contributed by atoms with Crippen LogP contribution in [-0.4, -0.2) is 56.1 Å². The monoisotopic (exact) mass is 233 g/mol. The van der Waals surface area contributed by atoms with Crippen LogP contribution in [0.3, 0.4) is 0 Å². The molecular weight excluding hydrogens is 209 g/mol. The van der Waals surface area contributed by atoms with Gasteiger partial charge in [0.05, 0.1) is 18.8 Å². The van der Waals surface area contributed by atoms with Crippen LogP contribution in [0.4, 0.5) is 4.39 Å². The van der Waals surface area contributed by atoms with E-state index in [0.717, 1.165) is 6.54 Å². The summed E-state index contributed by atoms with van der Waals surface area (Å²) < 4.78 is 24.1. The summed E-state index contributed by atoms with van der Waals surface area (Å²) in [5.41, 5.74) is -0.151. The second-order valence-electron chi connectivity index (χ2n) is 5.40. The number of rotatable bonds is 5. The second kappa shape index (κ2) is 5.94. The van der Waals surface area contributed by atoms with Crippen LogP contribution in [0.2, 0.25) is 0 Å². The standard InChI is InChI=1S/C12H24FNO2/c1-12(2,3)16-9-11-7-10(13)8-14(11)5-6-15-4/h10-11H,5-9H2,1-4H3/t10-,11+/m1/s1. The Bertz CT molecular complexity index is 206. The number of ether oxygens (including phenoxy) is 2. The maximum absolute atomic E-state index is 13.3. The summed E-state index contributed by atoms with van der Waals surface area (Å²) in [4.78, 5) is 2.12. The topological polar surface area (TPSA) is 21.7 Å². The molecule has 0 spiro atoms. The fourth-order valence-electron chi connectivity index (χ4n) is 1.92. The highest BCUT2D eigenvalue weighted by molar-refractivity contribution is 4.85. The van der Waals surface area contributed by atoms with Gasteiger partial charge in [-0.2, -0.15) is 0 Å². The number of alkyl halides is 1. The van der Waals surface area contributed by atoms with Crippen LogP contribution in [0.25, 0.3) is 0 Å². The first-order valence-corrected chi connectivity index (χ1v) is 5.93. The minimum atomic E-state index is -0.717. The number of halogens is 1. The highest BCUT2D eigenvalue weighted by Gasteiger charge is 2.32. The number of hydrogen-bond donors (Lipinski definition) is 0. The molecule has 0 aromatic heterocycles. The van der Waals surface area contributed by atoms with Gasteiger partial charge < -0.3 is 9.47 Å². The van der Waals surface area contributed by atoms with Crippen molar-refractivity contribution in [3.63, 3.8) is 0 Å². The third kappa shape index (κ3) is 4.76. The van der Waals surface area contributed by atoms with Gasteiger partial charge >= 0.3 is 0 Å². The van der Waals surface area contributed by atoms with Crippen LogP contribution in [0.5, 0.6) is 0 Å². The molecular formula is C12H24FNO2. The van der Waals surface area contributed by atoms with Gasteiger partial charge in [-0.15, -0.1) is 0 Å². The van der Waals surface area contributed by atoms with Crippen molar-refractivity contribution in [1.29, 1.82) is 0 Å². The van der Waals surface area contributed by atoms with E-state index in [4.69, 9.17) is 9.47 Å². The zero-order valence-corrected chi connectivity index (χ0v) is 10.8. The summed E-state index contributed by atoms with van der Waals surface area (Å²) in [6.07, 6.45) is -0.134. The Morgan fingerprint density at radius 2 is 2.06 bits per heavy atom. The maximum Gasteiger partial charge on any atom is 0.114 e. The molecule has 16 heavy (non-hydrogen) atoms. The van der Waals surface area contributed by atoms with Gasteiger partial charge in [-0.3, -0.25) is 4.90 Å². The van der Waals surface area contributed by atoms with Gasteiger partial charge in [0.25, 0.3) is 0 Å². The highest BCUT2D eigenvalue weighted by atomic mass is 19.1. The van der Waals surface area contributed by atoms with Crippen molar-refractivity contribution < 1.29 is 13.9 Å². The summed E-state index contributed by atoms with van der Waals surface area (Å²) in [7, 11) is 1.67. The molecule has 0 bridgehead atoms. The molecule has 0 aromatic carbocycles. The molecule has 0 aromatic rings. The Labute approximate surface area is 97.9 Å². The van der Waals surface area contributed by atoms with Crippen molar-refractivity contribution in [3.8, 4) is 0 Å². The molecule has 0 saturated carbocycles. The van der Waals surface area contributed by atoms with Crippen LogP contribution in [0.1, 0.15) is 27.2 Å². The molecule has 1 aliphatic heterocycles. The molecule has 0 radical (unpaired) electrons. The summed E-state index contributed by atoms with van der Waals surface area (Å²) in [5.74, 6) is 0. The number of hydrogen-bond acceptors (Lipinski definition) is 3. The Kier molecular flexibility index (Phi) is 5.15. The van der Waals surface area contributed by atoms with Gasteiger partial charge in [0, 0.05) is 26.2 Å². The molecule has 0 unspecified atom stereocenters. The Hall–Kier alpha value is -0.190. The lowest BCUT2D eigenvalue weighted by Gasteiger charge is -2.27. The van der Waals surface area contributed by atoms with E-state index in [2.05, 4.69) is 4.90 Å². The first-order chi connectivity index (χ1) is 7.42. The van der Waals surface area contributed by atoms with Crippen LogP contribution in [0, 0.1) is 0 Å². The normalized spacial score (nSPS) is 27.6. The molecule has 4 heteroatoms. The molecule has 1 heterocycles. The second-order valence-corrected chi connectivity index (χ2v) is 5.40. The molecule has 1 rings (SSSR count). The highest BCUT2D eigenvalue weighted by Crippen LogP contribution is 2.21. The van der Waals surface area contributed by atoms with E-state index in [1.54, 1.807) is 7.11 Å². The average Bonchev–Trinajstić information content (AvgIpc) is 2.52. The quantitative estimate of drug-likeness (QED) is 0.723. The molecule has 3 nitrogen and oxygen atoms in total. The van der Waals surface area contributed by atoms with E-state index in [1.165, 1.54) is 0 Å². The van der Waals surface area contributed by atoms with Gasteiger partial charge in [0.15, 0.2) is 0 Å². The first kappa shape index (κ1) is 13.9. The SMILES string of the molecule is COCCN1C[C@H](F)C[C@H]1COC(C)(C)C. The molecule has 0 aliphatic carbocycles. The van der Waals surface area contributed by atoms with Gasteiger partial charge in [-0.1, -0.05) is 0 Å². The van der Waals surface area contributed by atoms with E-state index in [1.807, 2.05) is 20.8 Å². The van der Waals surface area contributed by atoms with E-state index in [9.17, 15) is 4.39 Å². The predicted octanol–water partition coefficient (Wildman–Crippen LogP) is 1.86. The molecule has 2 atom stereocenters. The lowest BCUT2D eigenvalue weighted by atomic mass is 10.1. The smallest absolute Gasteiger partial charge is 0.114 e. The summed E-state index contributed by atoms with van der Waals surface area (Å²) in [6, 6.07) is 0.198. The average molecular weight is 233 g/mol. The number of likely N-dealkylation sites (tertiary alicyclic amines) is 1. The zero-order valence-electron chi connectivity index (χ0n) is 10.8. The van der Waals surface area contributed by atoms with Crippen molar-refractivity contribution in [2.24, 2.45) is 0 Å². The molecule has 96 valence electrons. The predicted molar refractivity (Wildman–Crippen MR) is 62.5 cm³/mol. The van der Waals surface area contributed by atoms with Crippen molar-refractivity contribution >= 4 is 0 Å². The first-order valence-electron chi connectivity index (χ1n) is 5.93. The van der Waals surface area contributed by atoms with Crippen LogP contribution in [-0.2, 0) is 9.47 Å². The Morgan fingerprint density at radius 3 is 2.62 bits per heavy atom. The largest absolute Gasteiger partial charge is 0.383 e. The van der Waals surface area contributed by atoms with Crippen LogP contribution >= 0.6 is 0 Å². The molecule has 1 fully saturated rings. The van der Waals surface area contributed by atoms with Crippen molar-refractivity contribution in [1.82, 2.24) is 4.90 Å². The van der Waals surface area contributed by atoms with Gasteiger partial charge in [0.2, 0.25) is 0 Å². The van der Waals surface area contributed by atoms with Crippen molar-refractivity contribution in [2.45, 2.75) is 45.0 Å². The van der Waals surface area contributed by atoms with E-state index in [-0.39, 0.29) is 11.6 Å². The van der Waals surface area contributed by atoms with E-state index < -0.39 is 6.17 Å². The van der Waals surface area contributed by atoms with Gasteiger partial charge in [-0.25, -0.2) is 4.39 Å². The molecule has 0 amide bonds. The van der Waals surface area contributed by atoms with Crippen molar-refractivity contribution in [2.75, 3.05) is 33.4 Å². The maximum atomic E-state index is 13.3.